The van der Waals surface area contributed by atoms with Crippen molar-refractivity contribution in [2.24, 2.45) is 0 Å². The summed E-state index contributed by atoms with van der Waals surface area (Å²) < 4.78 is 8.79. The number of rotatable bonds is 1. The predicted molar refractivity (Wildman–Crippen MR) is 38.1 cm³/mol. The molecule has 2 aromatic rings. The zero-order chi connectivity index (χ0) is 7.68. The van der Waals surface area contributed by atoms with Gasteiger partial charge in [-0.1, -0.05) is 30.3 Å². The summed E-state index contributed by atoms with van der Waals surface area (Å²) in [5.41, 5.74) is 0.816. The molecule has 2 rings (SSSR count). The lowest BCUT2D eigenvalue weighted by atomic mass is 10.2. The van der Waals surface area contributed by atoms with Crippen LogP contribution in [0.2, 0.25) is 0 Å². The highest BCUT2D eigenvalue weighted by Crippen LogP contribution is 2.32. The molecular formula is C8H6O3. The van der Waals surface area contributed by atoms with E-state index in [0.29, 0.717) is 5.76 Å². The summed E-state index contributed by atoms with van der Waals surface area (Å²) >= 11 is 0. The fourth-order valence-electron chi connectivity index (χ4n) is 0.882. The maximum absolute atomic E-state index is 8.89. The largest absolute Gasteiger partial charge is 0.475 e. The lowest BCUT2D eigenvalue weighted by molar-refractivity contribution is -0.0260. The molecular weight excluding hydrogens is 144 g/mol. The van der Waals surface area contributed by atoms with Gasteiger partial charge in [0.25, 0.3) is 5.76 Å². The van der Waals surface area contributed by atoms with E-state index in [1.165, 1.54) is 0 Å². The highest BCUT2D eigenvalue weighted by molar-refractivity contribution is 5.60. The lowest BCUT2D eigenvalue weighted by Crippen LogP contribution is -1.80. The van der Waals surface area contributed by atoms with Gasteiger partial charge in [-0.3, -0.25) is 4.58 Å². The highest BCUT2D eigenvalue weighted by atomic mass is 17.0. The Morgan fingerprint density at radius 1 is 1.00 bits per heavy atom. The van der Waals surface area contributed by atoms with Crippen molar-refractivity contribution in [3.8, 4) is 17.3 Å². The van der Waals surface area contributed by atoms with Crippen molar-refractivity contribution < 1.29 is 14.3 Å². The topological polar surface area (TPSA) is 46.5 Å². The van der Waals surface area contributed by atoms with Crippen molar-refractivity contribution in [1.82, 2.24) is 0 Å². The van der Waals surface area contributed by atoms with E-state index >= 15 is 0 Å². The minimum Gasteiger partial charge on any atom is -0.475 e. The van der Waals surface area contributed by atoms with E-state index in [4.69, 9.17) is 5.11 Å². The summed E-state index contributed by atoms with van der Waals surface area (Å²) in [7, 11) is 0. The molecule has 0 fully saturated rings. The van der Waals surface area contributed by atoms with Crippen LogP contribution in [-0.4, -0.2) is 5.11 Å². The van der Waals surface area contributed by atoms with Crippen molar-refractivity contribution in [2.45, 2.75) is 0 Å². The Bertz CT molecular complexity index is 331. The molecule has 0 radical (unpaired) electrons. The Morgan fingerprint density at radius 3 is 2.18 bits per heavy atom. The molecule has 0 aliphatic heterocycles. The van der Waals surface area contributed by atoms with Gasteiger partial charge < -0.3 is 5.11 Å². The number of benzene rings is 1. The summed E-state index contributed by atoms with van der Waals surface area (Å²) in [6.07, 6.45) is 0. The molecule has 0 aliphatic carbocycles. The maximum atomic E-state index is 8.89. The Balaban J connectivity index is 2.43. The van der Waals surface area contributed by atoms with Crippen LogP contribution in [0.1, 0.15) is 0 Å². The third-order valence-electron chi connectivity index (χ3n) is 1.43. The molecule has 0 saturated carbocycles. The van der Waals surface area contributed by atoms with Gasteiger partial charge in [0.2, 0.25) is 0 Å². The summed E-state index contributed by atoms with van der Waals surface area (Å²) in [6.45, 7) is 0. The number of aromatic hydroxyl groups is 1. The average Bonchev–Trinajstić information content (AvgIpc) is 2.04. The molecule has 3 heteroatoms. The SMILES string of the molecule is Oc1ooc1-c1ccccc1. The van der Waals surface area contributed by atoms with E-state index in [1.54, 1.807) is 0 Å². The standard InChI is InChI=1S/C8H6O3/c9-8-7(10-11-8)6-4-2-1-3-5-6/h1-5,9H. The van der Waals surface area contributed by atoms with Crippen molar-refractivity contribution in [1.29, 1.82) is 0 Å². The molecule has 1 aromatic carbocycles. The van der Waals surface area contributed by atoms with Crippen LogP contribution >= 0.6 is 0 Å². The Labute approximate surface area is 62.8 Å². The van der Waals surface area contributed by atoms with E-state index < -0.39 is 0 Å². The summed E-state index contributed by atoms with van der Waals surface area (Å²) in [5.74, 6) is 0.238. The van der Waals surface area contributed by atoms with Crippen LogP contribution in [0, 0.1) is 0 Å². The molecule has 0 atom stereocenters. The normalized spacial score (nSPS) is 10.2. The van der Waals surface area contributed by atoms with E-state index in [0.717, 1.165) is 5.56 Å². The van der Waals surface area contributed by atoms with E-state index in [1.807, 2.05) is 30.3 Å². The Morgan fingerprint density at radius 2 is 1.73 bits per heavy atom. The van der Waals surface area contributed by atoms with E-state index in [2.05, 4.69) is 9.15 Å². The molecule has 0 aliphatic rings. The predicted octanol–water partition coefficient (Wildman–Crippen LogP) is 2.25. The molecule has 0 amide bonds. The van der Waals surface area contributed by atoms with Gasteiger partial charge in [-0.15, -0.1) is 0 Å². The fraction of sp³-hybridized carbons (Fsp3) is 0. The van der Waals surface area contributed by atoms with Crippen LogP contribution in [-0.2, 0) is 0 Å². The van der Waals surface area contributed by atoms with Crippen molar-refractivity contribution >= 4 is 0 Å². The maximum Gasteiger partial charge on any atom is 0.377 e. The van der Waals surface area contributed by atoms with Crippen molar-refractivity contribution in [3.63, 3.8) is 0 Å². The summed E-state index contributed by atoms with van der Waals surface area (Å²) in [4.78, 5) is 0. The monoisotopic (exact) mass is 150 g/mol. The van der Waals surface area contributed by atoms with Gasteiger partial charge >= 0.3 is 5.95 Å². The van der Waals surface area contributed by atoms with Gasteiger partial charge in [0.05, 0.1) is 0 Å². The molecule has 1 aromatic heterocycles. The first-order chi connectivity index (χ1) is 5.38. The minimum absolute atomic E-state index is 0.156. The van der Waals surface area contributed by atoms with Crippen LogP contribution in [0.5, 0.6) is 5.95 Å². The fourth-order valence-corrected chi connectivity index (χ4v) is 0.882. The Hall–Kier alpha value is -1.64. The summed E-state index contributed by atoms with van der Waals surface area (Å²) in [5, 5.41) is 8.89. The second kappa shape index (κ2) is 2.20. The van der Waals surface area contributed by atoms with Crippen LogP contribution in [0.15, 0.2) is 39.5 Å². The molecule has 0 unspecified atom stereocenters. The quantitative estimate of drug-likeness (QED) is 0.634. The van der Waals surface area contributed by atoms with Crippen LogP contribution < -0.4 is 0 Å². The molecule has 0 spiro atoms. The zero-order valence-corrected chi connectivity index (χ0v) is 5.65. The first-order valence-corrected chi connectivity index (χ1v) is 3.21. The van der Waals surface area contributed by atoms with Gasteiger partial charge in [0.1, 0.15) is 0 Å². The molecule has 1 heterocycles. The van der Waals surface area contributed by atoms with Gasteiger partial charge in [-0.2, -0.15) is 0 Å². The lowest BCUT2D eigenvalue weighted by Gasteiger charge is -2.01. The molecule has 3 nitrogen and oxygen atoms in total. The Kier molecular flexibility index (Phi) is 1.22. The van der Waals surface area contributed by atoms with Gasteiger partial charge in [0, 0.05) is 5.56 Å². The average molecular weight is 150 g/mol. The molecule has 56 valence electrons. The van der Waals surface area contributed by atoms with Crippen molar-refractivity contribution in [2.75, 3.05) is 0 Å². The second-order valence-electron chi connectivity index (χ2n) is 2.17. The van der Waals surface area contributed by atoms with Crippen LogP contribution in [0.3, 0.4) is 0 Å². The first-order valence-electron chi connectivity index (χ1n) is 3.21. The van der Waals surface area contributed by atoms with Crippen molar-refractivity contribution in [3.05, 3.63) is 30.3 Å². The van der Waals surface area contributed by atoms with Gasteiger partial charge in [0.15, 0.2) is 0 Å². The number of hydrogen-bond donors (Lipinski definition) is 1. The van der Waals surface area contributed by atoms with E-state index in [-0.39, 0.29) is 5.95 Å². The summed E-state index contributed by atoms with van der Waals surface area (Å²) in [6, 6.07) is 9.26. The second-order valence-corrected chi connectivity index (χ2v) is 2.17. The zero-order valence-electron chi connectivity index (χ0n) is 5.65. The number of hydrogen-bond acceptors (Lipinski definition) is 3. The smallest absolute Gasteiger partial charge is 0.377 e. The molecule has 0 saturated heterocycles. The third-order valence-corrected chi connectivity index (χ3v) is 1.43. The van der Waals surface area contributed by atoms with E-state index in [9.17, 15) is 0 Å². The molecule has 0 bridgehead atoms. The minimum atomic E-state index is -0.156. The van der Waals surface area contributed by atoms with Crippen LogP contribution in [0.4, 0.5) is 0 Å². The van der Waals surface area contributed by atoms with Crippen LogP contribution in [0.25, 0.3) is 11.3 Å². The van der Waals surface area contributed by atoms with Gasteiger partial charge in [-0.25, -0.2) is 4.58 Å². The molecule has 1 N–H and O–H groups in total. The molecule has 11 heavy (non-hydrogen) atoms. The highest BCUT2D eigenvalue weighted by Gasteiger charge is 2.14. The third kappa shape index (κ3) is 0.902. The first kappa shape index (κ1) is 6.09. The van der Waals surface area contributed by atoms with Gasteiger partial charge in [-0.05, 0) is 0 Å².